The quantitative estimate of drug-likeness (QED) is 0.477. The molecule has 0 spiro atoms. The van der Waals surface area contributed by atoms with Gasteiger partial charge < -0.3 is 5.32 Å². The lowest BCUT2D eigenvalue weighted by molar-refractivity contribution is -0.130. The average molecular weight is 176 g/mol. The first kappa shape index (κ1) is 7.34. The zero-order valence-electron chi connectivity index (χ0n) is 6.01. The summed E-state index contributed by atoms with van der Waals surface area (Å²) in [6.07, 6.45) is 0.750. The second kappa shape index (κ2) is 2.62. The third kappa shape index (κ3) is 1.21. The summed E-state index contributed by atoms with van der Waals surface area (Å²) in [5, 5.41) is 4.74. The van der Waals surface area contributed by atoms with Crippen LogP contribution in [0.1, 0.15) is 6.42 Å². The van der Waals surface area contributed by atoms with Crippen LogP contribution in [0.4, 0.5) is 0 Å². The highest BCUT2D eigenvalue weighted by Crippen LogP contribution is 2.21. The Hall–Kier alpha value is -0.320. The van der Waals surface area contributed by atoms with Gasteiger partial charge >= 0.3 is 0 Å². The fourth-order valence-corrected chi connectivity index (χ4v) is 1.87. The number of halogens is 1. The van der Waals surface area contributed by atoms with E-state index < -0.39 is 0 Å². The van der Waals surface area contributed by atoms with E-state index in [0.29, 0.717) is 6.67 Å². The first-order valence-electron chi connectivity index (χ1n) is 3.69. The topological polar surface area (TPSA) is 44.4 Å². The molecule has 11 heavy (non-hydrogen) atoms. The van der Waals surface area contributed by atoms with Crippen molar-refractivity contribution in [3.05, 3.63) is 0 Å². The van der Waals surface area contributed by atoms with Crippen molar-refractivity contribution < 1.29 is 4.79 Å². The second-order valence-electron chi connectivity index (χ2n) is 2.88. The van der Waals surface area contributed by atoms with Gasteiger partial charge in [0.15, 0.2) is 0 Å². The molecule has 2 saturated heterocycles. The van der Waals surface area contributed by atoms with Gasteiger partial charge in [-0.05, 0) is 6.42 Å². The van der Waals surface area contributed by atoms with Crippen LogP contribution >= 0.6 is 11.6 Å². The number of nitrogens with one attached hydrogen (secondary N) is 2. The van der Waals surface area contributed by atoms with Gasteiger partial charge in [0.2, 0.25) is 5.91 Å². The molecule has 0 aliphatic carbocycles. The molecule has 0 bridgehead atoms. The first-order valence-corrected chi connectivity index (χ1v) is 4.13. The summed E-state index contributed by atoms with van der Waals surface area (Å²) >= 11 is 5.89. The SMILES string of the molecule is O=C1NCNN2CC(Cl)CC12. The molecular weight excluding hydrogens is 166 g/mol. The number of hydrogen-bond acceptors (Lipinski definition) is 3. The van der Waals surface area contributed by atoms with E-state index in [0.717, 1.165) is 13.0 Å². The van der Waals surface area contributed by atoms with Crippen LogP contribution in [-0.2, 0) is 4.79 Å². The second-order valence-corrected chi connectivity index (χ2v) is 3.49. The van der Waals surface area contributed by atoms with Crippen molar-refractivity contribution in [2.24, 2.45) is 0 Å². The summed E-state index contributed by atoms with van der Waals surface area (Å²) in [4.78, 5) is 11.2. The molecule has 2 aliphatic heterocycles. The van der Waals surface area contributed by atoms with Gasteiger partial charge in [-0.2, -0.15) is 0 Å². The Morgan fingerprint density at radius 3 is 3.18 bits per heavy atom. The Balaban J connectivity index is 2.09. The Labute approximate surface area is 69.8 Å². The lowest BCUT2D eigenvalue weighted by Gasteiger charge is -2.29. The Bertz CT molecular complexity index is 187. The molecule has 5 heteroatoms. The maximum absolute atomic E-state index is 11.2. The molecule has 2 unspecified atom stereocenters. The minimum Gasteiger partial charge on any atom is -0.341 e. The molecule has 0 radical (unpaired) electrons. The van der Waals surface area contributed by atoms with Crippen LogP contribution in [0.15, 0.2) is 0 Å². The molecule has 2 aliphatic rings. The highest BCUT2D eigenvalue weighted by Gasteiger charge is 2.37. The maximum atomic E-state index is 11.2. The predicted molar refractivity (Wildman–Crippen MR) is 40.9 cm³/mol. The van der Waals surface area contributed by atoms with Crippen molar-refractivity contribution in [3.8, 4) is 0 Å². The number of carbonyl (C=O) groups is 1. The fourth-order valence-electron chi connectivity index (χ4n) is 1.55. The van der Waals surface area contributed by atoms with Crippen LogP contribution in [0.25, 0.3) is 0 Å². The fraction of sp³-hybridized carbons (Fsp3) is 0.833. The van der Waals surface area contributed by atoms with Gasteiger partial charge in [-0.1, -0.05) is 0 Å². The third-order valence-corrected chi connectivity index (χ3v) is 2.41. The van der Waals surface area contributed by atoms with Crippen LogP contribution in [0.2, 0.25) is 0 Å². The molecule has 2 N–H and O–H groups in total. The highest BCUT2D eigenvalue weighted by atomic mass is 35.5. The summed E-state index contributed by atoms with van der Waals surface area (Å²) in [6, 6.07) is -0.0498. The van der Waals surface area contributed by atoms with Crippen molar-refractivity contribution in [2.75, 3.05) is 13.2 Å². The summed E-state index contributed by atoms with van der Waals surface area (Å²) < 4.78 is 0. The highest BCUT2D eigenvalue weighted by molar-refractivity contribution is 6.21. The van der Waals surface area contributed by atoms with Crippen LogP contribution in [-0.4, -0.2) is 35.5 Å². The number of amides is 1. The molecule has 2 atom stereocenters. The van der Waals surface area contributed by atoms with Gasteiger partial charge in [-0.3, -0.25) is 4.79 Å². The molecule has 2 rings (SSSR count). The van der Waals surface area contributed by atoms with Crippen LogP contribution in [0, 0.1) is 0 Å². The van der Waals surface area contributed by atoms with Crippen molar-refractivity contribution in [2.45, 2.75) is 17.8 Å². The molecule has 1 amide bonds. The number of nitrogens with zero attached hydrogens (tertiary/aromatic N) is 1. The van der Waals surface area contributed by atoms with Crippen molar-refractivity contribution >= 4 is 17.5 Å². The molecule has 2 fully saturated rings. The zero-order chi connectivity index (χ0) is 7.84. The van der Waals surface area contributed by atoms with Gasteiger partial charge in [0.05, 0.1) is 6.67 Å². The minimum atomic E-state index is -0.0498. The number of fused-ring (bicyclic) bond motifs is 1. The monoisotopic (exact) mass is 175 g/mol. The van der Waals surface area contributed by atoms with Crippen LogP contribution < -0.4 is 10.7 Å². The van der Waals surface area contributed by atoms with Crippen molar-refractivity contribution in [1.82, 2.24) is 15.8 Å². The maximum Gasteiger partial charge on any atom is 0.239 e. The summed E-state index contributed by atoms with van der Waals surface area (Å²) in [7, 11) is 0. The Morgan fingerprint density at radius 2 is 2.45 bits per heavy atom. The molecule has 0 aromatic heterocycles. The lowest BCUT2D eigenvalue weighted by atomic mass is 10.2. The van der Waals surface area contributed by atoms with E-state index >= 15 is 0 Å². The van der Waals surface area contributed by atoms with Crippen molar-refractivity contribution in [3.63, 3.8) is 0 Å². The van der Waals surface area contributed by atoms with Crippen LogP contribution in [0.5, 0.6) is 0 Å². The van der Waals surface area contributed by atoms with Gasteiger partial charge in [0.1, 0.15) is 6.04 Å². The standard InChI is InChI=1S/C6H10ClN3O/c7-4-1-5-6(11)8-3-9-10(5)2-4/h4-5,9H,1-3H2,(H,8,11). The molecule has 2 heterocycles. The smallest absolute Gasteiger partial charge is 0.239 e. The van der Waals surface area contributed by atoms with Crippen molar-refractivity contribution in [1.29, 1.82) is 0 Å². The normalized spacial score (nSPS) is 38.5. The molecule has 0 saturated carbocycles. The van der Waals surface area contributed by atoms with Gasteiger partial charge in [-0.15, -0.1) is 11.6 Å². The Morgan fingerprint density at radius 1 is 1.64 bits per heavy atom. The average Bonchev–Trinajstić information content (AvgIpc) is 2.31. The first-order chi connectivity index (χ1) is 5.27. The van der Waals surface area contributed by atoms with Gasteiger partial charge in [0.25, 0.3) is 0 Å². The van der Waals surface area contributed by atoms with E-state index in [9.17, 15) is 4.79 Å². The summed E-state index contributed by atoms with van der Waals surface area (Å²) in [6.45, 7) is 1.29. The van der Waals surface area contributed by atoms with Gasteiger partial charge in [-0.25, -0.2) is 10.4 Å². The molecule has 62 valence electrons. The number of hydrazine groups is 1. The molecular formula is C6H10ClN3O. The number of hydrogen-bond donors (Lipinski definition) is 2. The van der Waals surface area contributed by atoms with E-state index in [1.807, 2.05) is 5.01 Å². The van der Waals surface area contributed by atoms with E-state index in [1.54, 1.807) is 0 Å². The molecule has 0 aromatic carbocycles. The van der Waals surface area contributed by atoms with E-state index in [1.165, 1.54) is 0 Å². The Kier molecular flexibility index (Phi) is 1.75. The molecule has 4 nitrogen and oxygen atoms in total. The summed E-state index contributed by atoms with van der Waals surface area (Å²) in [5.41, 5.74) is 3.06. The lowest BCUT2D eigenvalue weighted by Crippen LogP contribution is -2.58. The predicted octanol–water partition coefficient (Wildman–Crippen LogP) is -0.740. The molecule has 0 aromatic rings. The number of carbonyl (C=O) groups excluding carboxylic acids is 1. The van der Waals surface area contributed by atoms with E-state index in [-0.39, 0.29) is 17.3 Å². The number of alkyl halides is 1. The zero-order valence-corrected chi connectivity index (χ0v) is 6.77. The van der Waals surface area contributed by atoms with E-state index in [2.05, 4.69) is 10.7 Å². The van der Waals surface area contributed by atoms with E-state index in [4.69, 9.17) is 11.6 Å². The van der Waals surface area contributed by atoms with Crippen LogP contribution in [0.3, 0.4) is 0 Å². The minimum absolute atomic E-state index is 0.0498. The number of rotatable bonds is 0. The largest absolute Gasteiger partial charge is 0.341 e. The third-order valence-electron chi connectivity index (χ3n) is 2.10. The van der Waals surface area contributed by atoms with Gasteiger partial charge in [0, 0.05) is 11.9 Å². The summed E-state index contributed by atoms with van der Waals surface area (Å²) in [5.74, 6) is 0.0897.